The van der Waals surface area contributed by atoms with E-state index in [1.54, 1.807) is 24.4 Å². The van der Waals surface area contributed by atoms with E-state index in [4.69, 9.17) is 4.74 Å². The highest BCUT2D eigenvalue weighted by Crippen LogP contribution is 2.28. The smallest absolute Gasteiger partial charge is 0.337 e. The maximum atomic E-state index is 11.5. The second kappa shape index (κ2) is 4.91. The maximum absolute atomic E-state index is 11.5. The number of aryl methyl sites for hydroxylation is 1. The predicted molar refractivity (Wildman–Crippen MR) is 65.6 cm³/mol. The molecule has 1 aromatic carbocycles. The molecule has 0 aliphatic carbocycles. The number of ether oxygens (including phenoxy) is 2. The van der Waals surface area contributed by atoms with Crippen molar-refractivity contribution in [3.63, 3.8) is 0 Å². The molecule has 0 aliphatic rings. The first kappa shape index (κ1) is 12.2. The van der Waals surface area contributed by atoms with Crippen molar-refractivity contribution in [2.45, 2.75) is 13.5 Å². The van der Waals surface area contributed by atoms with Crippen molar-refractivity contribution in [1.29, 1.82) is 0 Å². The summed E-state index contributed by atoms with van der Waals surface area (Å²) in [5, 5.41) is 0.789. The van der Waals surface area contributed by atoms with Crippen LogP contribution < -0.4 is 4.74 Å². The third kappa shape index (κ3) is 1.95. The average molecular weight is 247 g/mol. The lowest BCUT2D eigenvalue weighted by Gasteiger charge is -2.02. The van der Waals surface area contributed by atoms with Crippen molar-refractivity contribution in [3.8, 4) is 5.75 Å². The first-order valence-electron chi connectivity index (χ1n) is 5.52. The molecule has 5 nitrogen and oxygen atoms in total. The molecule has 2 rings (SSSR count). The zero-order valence-corrected chi connectivity index (χ0v) is 10.2. The third-order valence-electron chi connectivity index (χ3n) is 2.78. The van der Waals surface area contributed by atoms with Crippen LogP contribution in [0.3, 0.4) is 0 Å². The van der Waals surface area contributed by atoms with E-state index in [1.165, 1.54) is 7.11 Å². The number of esters is 1. The van der Waals surface area contributed by atoms with Crippen LogP contribution >= 0.6 is 0 Å². The molecular weight excluding hydrogens is 234 g/mol. The first-order chi connectivity index (χ1) is 8.71. The molecule has 1 aromatic heterocycles. The quantitative estimate of drug-likeness (QED) is 0.612. The SMILES string of the molecule is CCn1cc(OC=O)c2ccc(C(=O)OC)cc21. The van der Waals surface area contributed by atoms with Crippen molar-refractivity contribution in [2.24, 2.45) is 0 Å². The summed E-state index contributed by atoms with van der Waals surface area (Å²) in [5.74, 6) is 0.0943. The number of rotatable bonds is 4. The Morgan fingerprint density at radius 2 is 2.22 bits per heavy atom. The molecule has 18 heavy (non-hydrogen) atoms. The molecule has 0 saturated heterocycles. The number of benzene rings is 1. The van der Waals surface area contributed by atoms with Gasteiger partial charge in [-0.1, -0.05) is 0 Å². The minimum atomic E-state index is -0.390. The van der Waals surface area contributed by atoms with E-state index in [0.717, 1.165) is 10.9 Å². The second-order valence-electron chi connectivity index (χ2n) is 3.72. The zero-order valence-electron chi connectivity index (χ0n) is 10.2. The van der Waals surface area contributed by atoms with Crippen molar-refractivity contribution in [3.05, 3.63) is 30.0 Å². The number of carbonyl (C=O) groups excluding carboxylic acids is 2. The number of fused-ring (bicyclic) bond motifs is 1. The number of hydrogen-bond donors (Lipinski definition) is 0. The Labute approximate surface area is 104 Å². The summed E-state index contributed by atoms with van der Waals surface area (Å²) in [7, 11) is 1.34. The minimum absolute atomic E-state index is 0.390. The van der Waals surface area contributed by atoms with Crippen molar-refractivity contribution in [1.82, 2.24) is 4.57 Å². The summed E-state index contributed by atoms with van der Waals surface area (Å²) < 4.78 is 11.5. The van der Waals surface area contributed by atoms with Gasteiger partial charge in [0, 0.05) is 18.1 Å². The standard InChI is InChI=1S/C13H13NO4/c1-3-14-7-12(18-8-15)10-5-4-9(6-11(10)14)13(16)17-2/h4-8H,3H2,1-2H3. The average Bonchev–Trinajstić information content (AvgIpc) is 2.76. The van der Waals surface area contributed by atoms with Crippen LogP contribution in [0.15, 0.2) is 24.4 Å². The summed E-state index contributed by atoms with van der Waals surface area (Å²) in [5.41, 5.74) is 1.30. The van der Waals surface area contributed by atoms with Gasteiger partial charge in [0.2, 0.25) is 0 Å². The highest BCUT2D eigenvalue weighted by Gasteiger charge is 2.12. The highest BCUT2D eigenvalue weighted by atomic mass is 16.5. The number of carbonyl (C=O) groups is 2. The van der Waals surface area contributed by atoms with Gasteiger partial charge in [-0.25, -0.2) is 4.79 Å². The molecule has 0 radical (unpaired) electrons. The summed E-state index contributed by atoms with van der Waals surface area (Å²) in [4.78, 5) is 21.9. The molecule has 0 unspecified atom stereocenters. The number of aromatic nitrogens is 1. The molecule has 2 aromatic rings. The Morgan fingerprint density at radius 1 is 1.44 bits per heavy atom. The Kier molecular flexibility index (Phi) is 3.32. The number of nitrogens with zero attached hydrogens (tertiary/aromatic N) is 1. The number of hydrogen-bond acceptors (Lipinski definition) is 4. The van der Waals surface area contributed by atoms with Crippen LogP contribution in [-0.4, -0.2) is 24.1 Å². The van der Waals surface area contributed by atoms with Gasteiger partial charge in [-0.05, 0) is 25.1 Å². The Bertz CT molecular complexity index is 600. The van der Waals surface area contributed by atoms with Gasteiger partial charge in [-0.2, -0.15) is 0 Å². The summed E-state index contributed by atoms with van der Waals surface area (Å²) in [6, 6.07) is 5.11. The molecule has 0 bridgehead atoms. The highest BCUT2D eigenvalue weighted by molar-refractivity contribution is 5.96. The van der Waals surface area contributed by atoms with E-state index in [9.17, 15) is 9.59 Å². The lowest BCUT2D eigenvalue weighted by Crippen LogP contribution is -2.01. The van der Waals surface area contributed by atoms with Crippen LogP contribution in [-0.2, 0) is 16.1 Å². The fourth-order valence-electron chi connectivity index (χ4n) is 1.91. The molecule has 0 atom stereocenters. The fraction of sp³-hybridized carbons (Fsp3) is 0.231. The monoisotopic (exact) mass is 247 g/mol. The van der Waals surface area contributed by atoms with E-state index in [1.807, 2.05) is 11.5 Å². The fourth-order valence-corrected chi connectivity index (χ4v) is 1.91. The van der Waals surface area contributed by atoms with Gasteiger partial charge in [0.15, 0.2) is 5.75 Å². The van der Waals surface area contributed by atoms with E-state index in [-0.39, 0.29) is 0 Å². The van der Waals surface area contributed by atoms with Gasteiger partial charge in [0.05, 0.1) is 18.2 Å². The molecule has 94 valence electrons. The van der Waals surface area contributed by atoms with Crippen LogP contribution in [0.5, 0.6) is 5.75 Å². The molecule has 0 spiro atoms. The van der Waals surface area contributed by atoms with Gasteiger partial charge >= 0.3 is 5.97 Å². The molecular formula is C13H13NO4. The minimum Gasteiger partial charge on any atom is -0.465 e. The van der Waals surface area contributed by atoms with Gasteiger partial charge in [0.25, 0.3) is 6.47 Å². The Balaban J connectivity index is 2.61. The molecule has 0 aliphatic heterocycles. The molecule has 0 amide bonds. The lowest BCUT2D eigenvalue weighted by molar-refractivity contribution is -0.120. The Morgan fingerprint density at radius 3 is 2.83 bits per heavy atom. The molecule has 0 N–H and O–H groups in total. The largest absolute Gasteiger partial charge is 0.465 e. The molecule has 0 saturated carbocycles. The van der Waals surface area contributed by atoms with Crippen LogP contribution in [0.25, 0.3) is 10.9 Å². The van der Waals surface area contributed by atoms with E-state index >= 15 is 0 Å². The van der Waals surface area contributed by atoms with Crippen molar-refractivity contribution >= 4 is 23.3 Å². The third-order valence-corrected chi connectivity index (χ3v) is 2.78. The maximum Gasteiger partial charge on any atom is 0.337 e. The van der Waals surface area contributed by atoms with Gasteiger partial charge < -0.3 is 14.0 Å². The normalized spacial score (nSPS) is 10.3. The van der Waals surface area contributed by atoms with Crippen LogP contribution in [0, 0.1) is 0 Å². The summed E-state index contributed by atoms with van der Waals surface area (Å²) >= 11 is 0. The lowest BCUT2D eigenvalue weighted by atomic mass is 10.1. The van der Waals surface area contributed by atoms with E-state index < -0.39 is 5.97 Å². The zero-order chi connectivity index (χ0) is 13.1. The molecule has 0 fully saturated rings. The number of methoxy groups -OCH3 is 1. The molecule has 1 heterocycles. The van der Waals surface area contributed by atoms with E-state index in [2.05, 4.69) is 4.74 Å². The van der Waals surface area contributed by atoms with Gasteiger partial charge in [-0.3, -0.25) is 4.79 Å². The second-order valence-corrected chi connectivity index (χ2v) is 3.72. The van der Waals surface area contributed by atoms with Crippen molar-refractivity contribution in [2.75, 3.05) is 7.11 Å². The van der Waals surface area contributed by atoms with Crippen LogP contribution in [0.1, 0.15) is 17.3 Å². The van der Waals surface area contributed by atoms with Crippen molar-refractivity contribution < 1.29 is 19.1 Å². The van der Waals surface area contributed by atoms with E-state index in [0.29, 0.717) is 24.3 Å². The van der Waals surface area contributed by atoms with Gasteiger partial charge in [-0.15, -0.1) is 0 Å². The van der Waals surface area contributed by atoms with Crippen LogP contribution in [0.2, 0.25) is 0 Å². The Hall–Kier alpha value is -2.30. The summed E-state index contributed by atoms with van der Waals surface area (Å²) in [6.07, 6.45) is 1.74. The first-order valence-corrected chi connectivity index (χ1v) is 5.52. The molecule has 5 heteroatoms. The predicted octanol–water partition coefficient (Wildman–Crippen LogP) is 1.98. The van der Waals surface area contributed by atoms with Gasteiger partial charge in [0.1, 0.15) is 0 Å². The van der Waals surface area contributed by atoms with Crippen LogP contribution in [0.4, 0.5) is 0 Å². The summed E-state index contributed by atoms with van der Waals surface area (Å²) in [6.45, 7) is 3.07. The topological polar surface area (TPSA) is 57.5 Å².